The lowest BCUT2D eigenvalue weighted by Crippen LogP contribution is -2.24. The van der Waals surface area contributed by atoms with E-state index >= 15 is 0 Å². The zero-order valence-corrected chi connectivity index (χ0v) is 11.7. The van der Waals surface area contributed by atoms with E-state index in [0.29, 0.717) is 15.6 Å². The Morgan fingerprint density at radius 2 is 2.10 bits per heavy atom. The van der Waals surface area contributed by atoms with E-state index in [1.54, 1.807) is 30.3 Å². The van der Waals surface area contributed by atoms with Gasteiger partial charge in [0.05, 0.1) is 11.1 Å². The number of nitrogens with one attached hydrogen (secondary N) is 1. The SMILES string of the molecule is O=C(COc1ccc(Cl)cc1)NN=Cc1ccc(F)s1. The summed E-state index contributed by atoms with van der Waals surface area (Å²) in [5.74, 6) is 0.127. The average Bonchev–Trinajstić information content (AvgIpc) is 2.84. The summed E-state index contributed by atoms with van der Waals surface area (Å²) in [5, 5.41) is 3.99. The number of rotatable bonds is 5. The number of amides is 1. The first-order valence-corrected chi connectivity index (χ1v) is 6.78. The van der Waals surface area contributed by atoms with Crippen LogP contribution in [0.5, 0.6) is 5.75 Å². The molecule has 0 saturated heterocycles. The van der Waals surface area contributed by atoms with E-state index in [1.807, 2.05) is 0 Å². The van der Waals surface area contributed by atoms with E-state index in [0.717, 1.165) is 11.3 Å². The molecule has 0 unspecified atom stereocenters. The third kappa shape index (κ3) is 4.64. The predicted molar refractivity (Wildman–Crippen MR) is 77.0 cm³/mol. The summed E-state index contributed by atoms with van der Waals surface area (Å²) in [5.41, 5.74) is 2.29. The molecular formula is C13H10ClFN2O2S. The van der Waals surface area contributed by atoms with Crippen LogP contribution >= 0.6 is 22.9 Å². The molecule has 1 N–H and O–H groups in total. The summed E-state index contributed by atoms with van der Waals surface area (Å²) in [6.07, 6.45) is 1.37. The molecule has 1 heterocycles. The van der Waals surface area contributed by atoms with Gasteiger partial charge in [0.15, 0.2) is 11.7 Å². The van der Waals surface area contributed by atoms with E-state index in [4.69, 9.17) is 16.3 Å². The van der Waals surface area contributed by atoms with Crippen LogP contribution in [0.3, 0.4) is 0 Å². The Kier molecular flexibility index (Phi) is 5.09. The van der Waals surface area contributed by atoms with Crippen molar-refractivity contribution in [1.29, 1.82) is 0 Å². The minimum absolute atomic E-state index is 0.169. The van der Waals surface area contributed by atoms with Crippen molar-refractivity contribution in [3.63, 3.8) is 0 Å². The summed E-state index contributed by atoms with van der Waals surface area (Å²) < 4.78 is 17.9. The minimum Gasteiger partial charge on any atom is -0.484 e. The predicted octanol–water partition coefficient (Wildman–Crippen LogP) is 3.07. The largest absolute Gasteiger partial charge is 0.484 e. The van der Waals surface area contributed by atoms with Gasteiger partial charge in [-0.25, -0.2) is 5.43 Å². The Bertz CT molecular complexity index is 613. The fourth-order valence-corrected chi connectivity index (χ4v) is 2.01. The normalized spacial score (nSPS) is 10.7. The highest BCUT2D eigenvalue weighted by Crippen LogP contribution is 2.15. The molecule has 1 amide bonds. The highest BCUT2D eigenvalue weighted by molar-refractivity contribution is 7.12. The molecule has 0 aliphatic carbocycles. The van der Waals surface area contributed by atoms with Crippen molar-refractivity contribution < 1.29 is 13.9 Å². The van der Waals surface area contributed by atoms with Gasteiger partial charge in [0.25, 0.3) is 5.91 Å². The quantitative estimate of drug-likeness (QED) is 0.681. The molecule has 20 heavy (non-hydrogen) atoms. The summed E-state index contributed by atoms with van der Waals surface area (Å²) in [7, 11) is 0. The maximum atomic E-state index is 12.7. The maximum Gasteiger partial charge on any atom is 0.277 e. The van der Waals surface area contributed by atoms with Gasteiger partial charge in [-0.3, -0.25) is 4.79 Å². The molecule has 0 spiro atoms. The van der Waals surface area contributed by atoms with Crippen LogP contribution in [0.25, 0.3) is 0 Å². The van der Waals surface area contributed by atoms with Crippen molar-refractivity contribution in [3.8, 4) is 5.75 Å². The Hall–Kier alpha value is -1.92. The fourth-order valence-electron chi connectivity index (χ4n) is 1.28. The van der Waals surface area contributed by atoms with Crippen molar-refractivity contribution in [2.24, 2.45) is 5.10 Å². The molecule has 0 bridgehead atoms. The summed E-state index contributed by atoms with van der Waals surface area (Å²) in [6.45, 7) is -0.169. The third-order valence-corrected chi connectivity index (χ3v) is 3.22. The van der Waals surface area contributed by atoms with E-state index in [-0.39, 0.29) is 11.7 Å². The second-order valence-electron chi connectivity index (χ2n) is 3.68. The van der Waals surface area contributed by atoms with Gasteiger partial charge in [-0.1, -0.05) is 11.6 Å². The molecule has 0 aliphatic rings. The van der Waals surface area contributed by atoms with Gasteiger partial charge in [-0.2, -0.15) is 9.49 Å². The molecule has 1 aromatic carbocycles. The molecule has 4 nitrogen and oxygen atoms in total. The molecular weight excluding hydrogens is 303 g/mol. The smallest absolute Gasteiger partial charge is 0.277 e. The lowest BCUT2D eigenvalue weighted by atomic mass is 10.3. The number of hydrogen-bond donors (Lipinski definition) is 1. The van der Waals surface area contributed by atoms with Crippen LogP contribution in [0, 0.1) is 5.13 Å². The lowest BCUT2D eigenvalue weighted by Gasteiger charge is -2.04. The molecule has 0 radical (unpaired) electrons. The molecule has 0 fully saturated rings. The number of hydrazone groups is 1. The van der Waals surface area contributed by atoms with Crippen LogP contribution in [-0.4, -0.2) is 18.7 Å². The summed E-state index contributed by atoms with van der Waals surface area (Å²) >= 11 is 6.66. The first-order valence-electron chi connectivity index (χ1n) is 5.59. The monoisotopic (exact) mass is 312 g/mol. The van der Waals surface area contributed by atoms with Crippen LogP contribution in [0.1, 0.15) is 4.88 Å². The molecule has 2 aromatic rings. The Morgan fingerprint density at radius 1 is 1.35 bits per heavy atom. The van der Waals surface area contributed by atoms with E-state index in [2.05, 4.69) is 10.5 Å². The lowest BCUT2D eigenvalue weighted by molar-refractivity contribution is -0.123. The summed E-state index contributed by atoms with van der Waals surface area (Å²) in [4.78, 5) is 12.0. The average molecular weight is 313 g/mol. The topological polar surface area (TPSA) is 50.7 Å². The van der Waals surface area contributed by atoms with Crippen LogP contribution in [0.2, 0.25) is 5.02 Å². The number of thiophene rings is 1. The molecule has 2 rings (SSSR count). The molecule has 1 aromatic heterocycles. The van der Waals surface area contributed by atoms with E-state index in [1.165, 1.54) is 12.3 Å². The van der Waals surface area contributed by atoms with Crippen molar-refractivity contribution in [2.45, 2.75) is 0 Å². The Labute approximate surface area is 123 Å². The second kappa shape index (κ2) is 7.02. The highest BCUT2D eigenvalue weighted by atomic mass is 35.5. The van der Waals surface area contributed by atoms with Gasteiger partial charge in [0.1, 0.15) is 5.75 Å². The number of halogens is 2. The van der Waals surface area contributed by atoms with Crippen molar-refractivity contribution >= 4 is 35.1 Å². The zero-order chi connectivity index (χ0) is 14.4. The van der Waals surface area contributed by atoms with Gasteiger partial charge < -0.3 is 4.74 Å². The molecule has 104 valence electrons. The molecule has 7 heteroatoms. The van der Waals surface area contributed by atoms with Gasteiger partial charge in [0, 0.05) is 5.02 Å². The highest BCUT2D eigenvalue weighted by Gasteiger charge is 2.01. The van der Waals surface area contributed by atoms with Crippen LogP contribution < -0.4 is 10.2 Å². The number of benzene rings is 1. The second-order valence-corrected chi connectivity index (χ2v) is 5.18. The Balaban J connectivity index is 1.75. The Morgan fingerprint density at radius 3 is 2.75 bits per heavy atom. The summed E-state index contributed by atoms with van der Waals surface area (Å²) in [6, 6.07) is 9.55. The van der Waals surface area contributed by atoms with E-state index in [9.17, 15) is 9.18 Å². The van der Waals surface area contributed by atoms with Gasteiger partial charge in [-0.15, -0.1) is 11.3 Å². The van der Waals surface area contributed by atoms with E-state index < -0.39 is 5.91 Å². The minimum atomic E-state index is -0.409. The number of carbonyl (C=O) groups is 1. The number of carbonyl (C=O) groups excluding carboxylic acids is 1. The number of nitrogens with zero attached hydrogens (tertiary/aromatic N) is 1. The number of hydrogen-bond acceptors (Lipinski definition) is 4. The molecule has 0 atom stereocenters. The first kappa shape index (κ1) is 14.5. The van der Waals surface area contributed by atoms with Crippen LogP contribution in [0.15, 0.2) is 41.5 Å². The van der Waals surface area contributed by atoms with Crippen molar-refractivity contribution in [2.75, 3.05) is 6.61 Å². The van der Waals surface area contributed by atoms with Crippen LogP contribution in [0.4, 0.5) is 4.39 Å². The van der Waals surface area contributed by atoms with Crippen molar-refractivity contribution in [1.82, 2.24) is 5.43 Å². The molecule has 0 aliphatic heterocycles. The number of ether oxygens (including phenoxy) is 1. The van der Waals surface area contributed by atoms with Gasteiger partial charge in [0.2, 0.25) is 0 Å². The standard InChI is InChI=1S/C13H10ClFN2O2S/c14-9-1-3-10(4-2-9)19-8-13(18)17-16-7-11-5-6-12(15)20-11/h1-7H,8H2,(H,17,18). The van der Waals surface area contributed by atoms with Gasteiger partial charge in [-0.05, 0) is 36.4 Å². The fraction of sp³-hybridized carbons (Fsp3) is 0.0769. The van der Waals surface area contributed by atoms with Crippen molar-refractivity contribution in [3.05, 3.63) is 51.4 Å². The first-order chi connectivity index (χ1) is 9.63. The molecule has 0 saturated carbocycles. The third-order valence-electron chi connectivity index (χ3n) is 2.16. The zero-order valence-electron chi connectivity index (χ0n) is 10.2. The van der Waals surface area contributed by atoms with Crippen LogP contribution in [-0.2, 0) is 4.79 Å². The maximum absolute atomic E-state index is 12.7. The van der Waals surface area contributed by atoms with Gasteiger partial charge >= 0.3 is 0 Å².